The maximum atomic E-state index is 10.6. The molecule has 5 heteroatoms. The summed E-state index contributed by atoms with van der Waals surface area (Å²) >= 11 is 11.6. The summed E-state index contributed by atoms with van der Waals surface area (Å²) in [6.07, 6.45) is 0. The monoisotopic (exact) mass is 229 g/mol. The van der Waals surface area contributed by atoms with E-state index in [1.165, 1.54) is 6.07 Å². The first-order chi connectivity index (χ1) is 6.58. The number of H-pyrrole nitrogens is 1. The SMILES string of the molecule is O=C(O)c1cc2cc(Cl)c(Cl)cc2[nH]1. The minimum absolute atomic E-state index is 0.123. The number of halogens is 2. The summed E-state index contributed by atoms with van der Waals surface area (Å²) in [7, 11) is 0. The first-order valence-corrected chi connectivity index (χ1v) is 4.54. The van der Waals surface area contributed by atoms with Crippen LogP contribution in [0.1, 0.15) is 10.5 Å². The number of rotatable bonds is 1. The number of carboxylic acids is 1. The summed E-state index contributed by atoms with van der Waals surface area (Å²) in [5.74, 6) is -1.01. The lowest BCUT2D eigenvalue weighted by Gasteiger charge is -1.94. The number of carboxylic acid groups (broad SMARTS) is 1. The van der Waals surface area contributed by atoms with E-state index in [-0.39, 0.29) is 5.69 Å². The highest BCUT2D eigenvalue weighted by Crippen LogP contribution is 2.27. The Balaban J connectivity index is 2.72. The van der Waals surface area contributed by atoms with Crippen LogP contribution in [-0.4, -0.2) is 16.1 Å². The molecule has 2 N–H and O–H groups in total. The molecule has 1 heterocycles. The summed E-state index contributed by atoms with van der Waals surface area (Å²) < 4.78 is 0. The van der Waals surface area contributed by atoms with E-state index in [9.17, 15) is 4.79 Å². The first-order valence-electron chi connectivity index (χ1n) is 3.79. The van der Waals surface area contributed by atoms with Gasteiger partial charge in [0.05, 0.1) is 10.0 Å². The van der Waals surface area contributed by atoms with Gasteiger partial charge in [-0.25, -0.2) is 4.79 Å². The third-order valence-corrected chi connectivity index (χ3v) is 2.61. The predicted molar refractivity (Wildman–Crippen MR) is 55.3 cm³/mol. The fourth-order valence-corrected chi connectivity index (χ4v) is 1.58. The van der Waals surface area contributed by atoms with Gasteiger partial charge in [-0.2, -0.15) is 0 Å². The molecule has 0 spiro atoms. The summed E-state index contributed by atoms with van der Waals surface area (Å²) in [4.78, 5) is 13.4. The molecule has 2 rings (SSSR count). The van der Waals surface area contributed by atoms with Crippen LogP contribution < -0.4 is 0 Å². The zero-order valence-corrected chi connectivity index (χ0v) is 8.36. The first kappa shape index (κ1) is 9.37. The molecule has 0 bridgehead atoms. The van der Waals surface area contributed by atoms with Gasteiger partial charge in [0.25, 0.3) is 0 Å². The number of aromatic carboxylic acids is 1. The quantitative estimate of drug-likeness (QED) is 0.790. The fourth-order valence-electron chi connectivity index (χ4n) is 1.24. The largest absolute Gasteiger partial charge is 0.477 e. The van der Waals surface area contributed by atoms with Crippen molar-refractivity contribution in [1.82, 2.24) is 4.98 Å². The van der Waals surface area contributed by atoms with Crippen LogP contribution in [0.4, 0.5) is 0 Å². The molecule has 0 amide bonds. The highest BCUT2D eigenvalue weighted by Gasteiger charge is 2.08. The topological polar surface area (TPSA) is 53.1 Å². The van der Waals surface area contributed by atoms with Crippen LogP contribution in [0, 0.1) is 0 Å². The summed E-state index contributed by atoms with van der Waals surface area (Å²) in [5.41, 5.74) is 0.787. The van der Waals surface area contributed by atoms with E-state index < -0.39 is 5.97 Å². The van der Waals surface area contributed by atoms with E-state index in [0.29, 0.717) is 15.6 Å². The van der Waals surface area contributed by atoms with Gasteiger partial charge in [-0.15, -0.1) is 0 Å². The minimum atomic E-state index is -1.01. The standard InChI is InChI=1S/C9H5Cl2NO2/c10-5-1-4-2-8(9(13)14)12-7(4)3-6(5)11/h1-3,12H,(H,13,14). The van der Waals surface area contributed by atoms with Gasteiger partial charge >= 0.3 is 5.97 Å². The highest BCUT2D eigenvalue weighted by molar-refractivity contribution is 6.42. The molecule has 0 aliphatic carbocycles. The van der Waals surface area contributed by atoms with E-state index >= 15 is 0 Å². The second-order valence-electron chi connectivity index (χ2n) is 2.84. The van der Waals surface area contributed by atoms with Crippen LogP contribution in [-0.2, 0) is 0 Å². The molecule has 72 valence electrons. The zero-order chi connectivity index (χ0) is 10.3. The fraction of sp³-hybridized carbons (Fsp3) is 0. The van der Waals surface area contributed by atoms with Crippen molar-refractivity contribution in [3.63, 3.8) is 0 Å². The number of carbonyl (C=O) groups is 1. The second kappa shape index (κ2) is 3.19. The average Bonchev–Trinajstić information content (AvgIpc) is 2.48. The summed E-state index contributed by atoms with van der Waals surface area (Å²) in [6.45, 7) is 0. The predicted octanol–water partition coefficient (Wildman–Crippen LogP) is 3.17. The maximum Gasteiger partial charge on any atom is 0.352 e. The van der Waals surface area contributed by atoms with Gasteiger partial charge in [-0.3, -0.25) is 0 Å². The number of benzene rings is 1. The van der Waals surface area contributed by atoms with Crippen LogP contribution in [0.15, 0.2) is 18.2 Å². The number of hydrogen-bond acceptors (Lipinski definition) is 1. The summed E-state index contributed by atoms with van der Waals surface area (Å²) in [5, 5.41) is 10.3. The molecule has 0 saturated heterocycles. The molecule has 0 radical (unpaired) electrons. The van der Waals surface area contributed by atoms with Gasteiger partial charge in [0.1, 0.15) is 5.69 Å². The maximum absolute atomic E-state index is 10.6. The van der Waals surface area contributed by atoms with Gasteiger partial charge in [0.2, 0.25) is 0 Å². The van der Waals surface area contributed by atoms with E-state index in [2.05, 4.69) is 4.98 Å². The van der Waals surface area contributed by atoms with Crippen molar-refractivity contribution in [1.29, 1.82) is 0 Å². The number of fused-ring (bicyclic) bond motifs is 1. The Kier molecular flexibility index (Phi) is 2.13. The van der Waals surface area contributed by atoms with Crippen LogP contribution in [0.3, 0.4) is 0 Å². The lowest BCUT2D eigenvalue weighted by atomic mass is 10.2. The number of aromatic nitrogens is 1. The van der Waals surface area contributed by atoms with Crippen LogP contribution in [0.5, 0.6) is 0 Å². The van der Waals surface area contributed by atoms with Crippen molar-refractivity contribution in [3.8, 4) is 0 Å². The lowest BCUT2D eigenvalue weighted by molar-refractivity contribution is 0.0691. The third-order valence-electron chi connectivity index (χ3n) is 1.89. The average molecular weight is 230 g/mol. The number of aromatic amines is 1. The molecule has 0 atom stereocenters. The number of hydrogen-bond donors (Lipinski definition) is 2. The minimum Gasteiger partial charge on any atom is -0.477 e. The van der Waals surface area contributed by atoms with Gasteiger partial charge in [0.15, 0.2) is 0 Å². The van der Waals surface area contributed by atoms with Crippen molar-refractivity contribution in [3.05, 3.63) is 33.9 Å². The molecule has 0 aliphatic rings. The van der Waals surface area contributed by atoms with Gasteiger partial charge in [0, 0.05) is 10.9 Å². The molecule has 14 heavy (non-hydrogen) atoms. The molecular formula is C9H5Cl2NO2. The van der Waals surface area contributed by atoms with Crippen LogP contribution in [0.25, 0.3) is 10.9 Å². The van der Waals surface area contributed by atoms with Crippen molar-refractivity contribution >= 4 is 40.1 Å². The van der Waals surface area contributed by atoms with Gasteiger partial charge < -0.3 is 10.1 Å². The summed E-state index contributed by atoms with van der Waals surface area (Å²) in [6, 6.07) is 4.74. The molecule has 1 aromatic heterocycles. The van der Waals surface area contributed by atoms with Crippen molar-refractivity contribution in [2.24, 2.45) is 0 Å². The van der Waals surface area contributed by atoms with E-state index in [1.54, 1.807) is 12.1 Å². The Morgan fingerprint density at radius 3 is 2.50 bits per heavy atom. The lowest BCUT2D eigenvalue weighted by Crippen LogP contribution is -1.94. The Morgan fingerprint density at radius 2 is 1.86 bits per heavy atom. The Labute approximate surface area is 89.2 Å². The Hall–Kier alpha value is -1.19. The molecule has 3 nitrogen and oxygen atoms in total. The van der Waals surface area contributed by atoms with Crippen LogP contribution >= 0.6 is 23.2 Å². The smallest absolute Gasteiger partial charge is 0.352 e. The van der Waals surface area contributed by atoms with Crippen molar-refractivity contribution < 1.29 is 9.90 Å². The Bertz CT molecular complexity index is 480. The molecule has 1 aromatic carbocycles. The molecule has 0 saturated carbocycles. The van der Waals surface area contributed by atoms with Crippen molar-refractivity contribution in [2.45, 2.75) is 0 Å². The molecular weight excluding hydrogens is 225 g/mol. The Morgan fingerprint density at radius 1 is 1.21 bits per heavy atom. The zero-order valence-electron chi connectivity index (χ0n) is 6.84. The normalized spacial score (nSPS) is 10.7. The van der Waals surface area contributed by atoms with E-state index in [4.69, 9.17) is 28.3 Å². The van der Waals surface area contributed by atoms with Gasteiger partial charge in [-0.1, -0.05) is 23.2 Å². The van der Waals surface area contributed by atoms with Crippen LogP contribution in [0.2, 0.25) is 10.0 Å². The van der Waals surface area contributed by atoms with E-state index in [0.717, 1.165) is 5.39 Å². The molecule has 0 fully saturated rings. The second-order valence-corrected chi connectivity index (χ2v) is 3.66. The molecule has 0 aliphatic heterocycles. The molecule has 0 unspecified atom stereocenters. The molecule has 2 aromatic rings. The van der Waals surface area contributed by atoms with E-state index in [1.807, 2.05) is 0 Å². The number of nitrogens with one attached hydrogen (secondary N) is 1. The highest BCUT2D eigenvalue weighted by atomic mass is 35.5. The third kappa shape index (κ3) is 1.45. The van der Waals surface area contributed by atoms with Crippen molar-refractivity contribution in [2.75, 3.05) is 0 Å². The van der Waals surface area contributed by atoms with Gasteiger partial charge in [-0.05, 0) is 18.2 Å².